The van der Waals surface area contributed by atoms with Gasteiger partial charge in [0.2, 0.25) is 0 Å². The van der Waals surface area contributed by atoms with E-state index in [1.54, 1.807) is 38.5 Å². The summed E-state index contributed by atoms with van der Waals surface area (Å²) in [7, 11) is 9.08. The number of carbonyl (C=O) groups excluding carboxylic acids is 2. The largest absolute Gasteiger partial charge is 0.496 e. The van der Waals surface area contributed by atoms with Gasteiger partial charge in [0.15, 0.2) is 11.6 Å². The summed E-state index contributed by atoms with van der Waals surface area (Å²) in [5, 5.41) is 0.214. The summed E-state index contributed by atoms with van der Waals surface area (Å²) in [5.74, 6) is 2.77. The number of hydrogen-bond donors (Lipinski definition) is 0. The second kappa shape index (κ2) is 12.7. The average Bonchev–Trinajstić information content (AvgIpc) is 2.81. The third-order valence-electron chi connectivity index (χ3n) is 4.18. The Balaban J connectivity index is 0.000000311. The zero-order valence-corrected chi connectivity index (χ0v) is 20.2. The van der Waals surface area contributed by atoms with Crippen molar-refractivity contribution in [3.8, 4) is 34.5 Å². The molecule has 0 amide bonds. The van der Waals surface area contributed by atoms with Crippen LogP contribution in [0, 0.1) is 0 Å². The first-order valence-corrected chi connectivity index (χ1v) is 10.1. The molecule has 0 saturated carbocycles. The van der Waals surface area contributed by atoms with Crippen LogP contribution in [0.2, 0.25) is 0 Å². The van der Waals surface area contributed by atoms with Crippen molar-refractivity contribution in [2.45, 2.75) is 6.92 Å². The Labute approximate surface area is 190 Å². The molecule has 0 aliphatic rings. The number of ether oxygens (including phenoxy) is 6. The van der Waals surface area contributed by atoms with E-state index in [0.29, 0.717) is 45.6 Å². The first kappa shape index (κ1) is 26.1. The molecule has 0 saturated heterocycles. The van der Waals surface area contributed by atoms with Crippen molar-refractivity contribution in [2.24, 2.45) is 0 Å². The van der Waals surface area contributed by atoms with Crippen molar-refractivity contribution in [3.05, 3.63) is 35.4 Å². The lowest BCUT2D eigenvalue weighted by atomic mass is 10.1. The molecule has 31 heavy (non-hydrogen) atoms. The highest BCUT2D eigenvalue weighted by molar-refractivity contribution is 9.09. The normalized spacial score (nSPS) is 9.68. The smallest absolute Gasteiger partial charge is 0.180 e. The molecule has 2 rings (SSSR count). The molecule has 0 aliphatic carbocycles. The van der Waals surface area contributed by atoms with Gasteiger partial charge in [-0.1, -0.05) is 15.9 Å². The Bertz CT molecular complexity index is 860. The molecule has 170 valence electrons. The Morgan fingerprint density at radius 2 is 0.968 bits per heavy atom. The van der Waals surface area contributed by atoms with E-state index in [1.165, 1.54) is 35.4 Å². The number of halogens is 1. The highest BCUT2D eigenvalue weighted by Crippen LogP contribution is 2.35. The molecule has 2 aromatic rings. The number of alkyl halides is 1. The van der Waals surface area contributed by atoms with Crippen molar-refractivity contribution in [2.75, 3.05) is 48.0 Å². The van der Waals surface area contributed by atoms with Crippen molar-refractivity contribution in [3.63, 3.8) is 0 Å². The van der Waals surface area contributed by atoms with Crippen LogP contribution in [0.25, 0.3) is 0 Å². The van der Waals surface area contributed by atoms with Crippen LogP contribution < -0.4 is 28.4 Å². The first-order chi connectivity index (χ1) is 14.8. The van der Waals surface area contributed by atoms with E-state index in [4.69, 9.17) is 28.4 Å². The quantitative estimate of drug-likeness (QED) is 0.375. The summed E-state index contributed by atoms with van der Waals surface area (Å²) in [6.07, 6.45) is 0. The maximum absolute atomic E-state index is 11.7. The fourth-order valence-corrected chi connectivity index (χ4v) is 2.98. The van der Waals surface area contributed by atoms with E-state index in [0.717, 1.165) is 0 Å². The minimum absolute atomic E-state index is 0.101. The zero-order valence-electron chi connectivity index (χ0n) is 18.7. The third-order valence-corrected chi connectivity index (χ3v) is 4.69. The minimum atomic E-state index is -0.105. The van der Waals surface area contributed by atoms with Crippen LogP contribution in [0.15, 0.2) is 24.3 Å². The van der Waals surface area contributed by atoms with Crippen LogP contribution in [-0.2, 0) is 0 Å². The monoisotopic (exact) mass is 498 g/mol. The lowest BCUT2D eigenvalue weighted by Gasteiger charge is -2.13. The molecule has 0 heterocycles. The molecule has 8 nitrogen and oxygen atoms in total. The van der Waals surface area contributed by atoms with Crippen LogP contribution >= 0.6 is 15.9 Å². The molecule has 9 heteroatoms. The Hall–Kier alpha value is -2.94. The predicted molar refractivity (Wildman–Crippen MR) is 120 cm³/mol. The SMILES string of the molecule is COc1cc(OC)c(C(=O)CBr)c(OC)c1.COc1cc(OC)c(C(C)=O)c(OC)c1. The van der Waals surface area contributed by atoms with Gasteiger partial charge in [-0.2, -0.15) is 0 Å². The number of methoxy groups -OCH3 is 6. The predicted octanol–water partition coefficient (Wildman–Crippen LogP) is 4.21. The first-order valence-electron chi connectivity index (χ1n) is 9.01. The van der Waals surface area contributed by atoms with Crippen molar-refractivity contribution in [1.82, 2.24) is 0 Å². The van der Waals surface area contributed by atoms with E-state index < -0.39 is 0 Å². The Morgan fingerprint density at radius 3 is 1.19 bits per heavy atom. The molecular weight excluding hydrogens is 472 g/mol. The molecule has 0 fully saturated rings. The highest BCUT2D eigenvalue weighted by Gasteiger charge is 2.19. The van der Waals surface area contributed by atoms with E-state index in [2.05, 4.69) is 15.9 Å². The average molecular weight is 499 g/mol. The van der Waals surface area contributed by atoms with Crippen molar-refractivity contribution < 1.29 is 38.0 Å². The molecule has 0 N–H and O–H groups in total. The van der Waals surface area contributed by atoms with E-state index in [-0.39, 0.29) is 16.9 Å². The number of hydrogen-bond acceptors (Lipinski definition) is 8. The molecule has 0 aromatic heterocycles. The zero-order chi connectivity index (χ0) is 23.6. The maximum Gasteiger partial charge on any atom is 0.180 e. The second-order valence-electron chi connectivity index (χ2n) is 5.93. The van der Waals surface area contributed by atoms with Gasteiger partial charge < -0.3 is 28.4 Å². The number of rotatable bonds is 9. The van der Waals surface area contributed by atoms with Gasteiger partial charge in [-0.15, -0.1) is 0 Å². The fourth-order valence-electron chi connectivity index (χ4n) is 2.70. The molecule has 0 radical (unpaired) electrons. The Morgan fingerprint density at radius 1 is 0.645 bits per heavy atom. The van der Waals surface area contributed by atoms with Crippen molar-refractivity contribution in [1.29, 1.82) is 0 Å². The number of carbonyl (C=O) groups is 2. The summed E-state index contributed by atoms with van der Waals surface area (Å²) in [6, 6.07) is 6.61. The van der Waals surface area contributed by atoms with Crippen LogP contribution in [-0.4, -0.2) is 59.6 Å². The van der Waals surface area contributed by atoms with Crippen molar-refractivity contribution >= 4 is 27.5 Å². The molecule has 0 bridgehead atoms. The van der Waals surface area contributed by atoms with Gasteiger partial charge in [-0.25, -0.2) is 0 Å². The molecule has 0 spiro atoms. The van der Waals surface area contributed by atoms with Crippen LogP contribution in [0.3, 0.4) is 0 Å². The molecule has 0 aliphatic heterocycles. The Kier molecular flexibility index (Phi) is 10.7. The van der Waals surface area contributed by atoms with Gasteiger partial charge in [0.25, 0.3) is 0 Å². The third kappa shape index (κ3) is 6.52. The topological polar surface area (TPSA) is 89.5 Å². The van der Waals surface area contributed by atoms with Gasteiger partial charge in [0.1, 0.15) is 45.6 Å². The standard InChI is InChI=1S/C11H13BrO4.C11H14O4/c1-14-7-4-9(15-2)11(8(13)6-12)10(5-7)16-3;1-7(12)11-9(14-3)5-8(13-2)6-10(11)15-4/h4-5H,6H2,1-3H3;5-6H,1-4H3. The summed E-state index contributed by atoms with van der Waals surface area (Å²) in [5.41, 5.74) is 0.850. The van der Waals surface area contributed by atoms with Gasteiger partial charge in [0, 0.05) is 24.3 Å². The maximum atomic E-state index is 11.7. The fraction of sp³-hybridized carbons (Fsp3) is 0.364. The number of Topliss-reactive ketones (excluding diaryl/α,β-unsaturated/α-hetero) is 2. The van der Waals surface area contributed by atoms with Crippen LogP contribution in [0.1, 0.15) is 27.6 Å². The highest BCUT2D eigenvalue weighted by atomic mass is 79.9. The van der Waals surface area contributed by atoms with E-state index in [9.17, 15) is 9.59 Å². The van der Waals surface area contributed by atoms with Gasteiger partial charge >= 0.3 is 0 Å². The molecule has 2 aromatic carbocycles. The van der Waals surface area contributed by atoms with Gasteiger partial charge in [0.05, 0.1) is 48.0 Å². The minimum Gasteiger partial charge on any atom is -0.496 e. The summed E-state index contributed by atoms with van der Waals surface area (Å²) < 4.78 is 30.7. The van der Waals surface area contributed by atoms with E-state index >= 15 is 0 Å². The van der Waals surface area contributed by atoms with Crippen LogP contribution in [0.5, 0.6) is 34.5 Å². The lowest BCUT2D eigenvalue weighted by Crippen LogP contribution is -2.06. The van der Waals surface area contributed by atoms with Gasteiger partial charge in [-0.3, -0.25) is 9.59 Å². The molecular formula is C22H27BrO8. The van der Waals surface area contributed by atoms with E-state index in [1.807, 2.05) is 0 Å². The van der Waals surface area contributed by atoms with Crippen LogP contribution in [0.4, 0.5) is 0 Å². The number of benzene rings is 2. The molecule has 0 unspecified atom stereocenters. The van der Waals surface area contributed by atoms with Gasteiger partial charge in [-0.05, 0) is 6.92 Å². The summed E-state index contributed by atoms with van der Waals surface area (Å²) in [6.45, 7) is 1.47. The second-order valence-corrected chi connectivity index (χ2v) is 6.49. The lowest BCUT2D eigenvalue weighted by molar-refractivity contribution is 0.100. The summed E-state index contributed by atoms with van der Waals surface area (Å²) >= 11 is 3.12. The molecule has 0 atom stereocenters. The summed E-state index contributed by atoms with van der Waals surface area (Å²) in [4.78, 5) is 23.1. The number of ketones is 2.